The van der Waals surface area contributed by atoms with E-state index in [1.54, 1.807) is 14.2 Å². The molecule has 5 heteroatoms. The second kappa shape index (κ2) is 7.43. The first-order valence-electron chi connectivity index (χ1n) is 8.92. The predicted octanol–water partition coefficient (Wildman–Crippen LogP) is 2.74. The number of carbonyl (C=O) groups is 1. The van der Waals surface area contributed by atoms with Crippen LogP contribution < -0.4 is 15.2 Å². The molecule has 132 valence electrons. The Kier molecular flexibility index (Phi) is 5.29. The third kappa shape index (κ3) is 3.09. The monoisotopic (exact) mass is 332 g/mol. The summed E-state index contributed by atoms with van der Waals surface area (Å²) in [6.07, 6.45) is 5.23. The lowest BCUT2D eigenvalue weighted by Crippen LogP contribution is -2.38. The molecule has 0 radical (unpaired) electrons. The lowest BCUT2D eigenvalue weighted by atomic mass is 9.93. The fourth-order valence-electron chi connectivity index (χ4n) is 4.29. The maximum Gasteiger partial charge on any atom is 0.226 e. The molecule has 1 unspecified atom stereocenters. The minimum Gasteiger partial charge on any atom is -0.493 e. The summed E-state index contributed by atoms with van der Waals surface area (Å²) in [5.41, 5.74) is 7.00. The number of benzene rings is 1. The van der Waals surface area contributed by atoms with Gasteiger partial charge < -0.3 is 20.1 Å². The number of nitrogens with two attached hydrogens (primary N) is 1. The van der Waals surface area contributed by atoms with E-state index in [1.807, 2.05) is 18.2 Å². The lowest BCUT2D eigenvalue weighted by molar-refractivity contribution is -0.137. The summed E-state index contributed by atoms with van der Waals surface area (Å²) in [6.45, 7) is 1.46. The van der Waals surface area contributed by atoms with Gasteiger partial charge in [0.25, 0.3) is 0 Å². The number of hydrogen-bond donors (Lipinski definition) is 1. The van der Waals surface area contributed by atoms with Crippen molar-refractivity contribution in [1.29, 1.82) is 0 Å². The zero-order chi connectivity index (χ0) is 17.1. The number of hydrogen-bond acceptors (Lipinski definition) is 4. The lowest BCUT2D eigenvalue weighted by Gasteiger charge is -2.30. The first-order chi connectivity index (χ1) is 11.7. The Hall–Kier alpha value is -1.75. The highest BCUT2D eigenvalue weighted by Gasteiger charge is 2.39. The third-order valence-corrected chi connectivity index (χ3v) is 5.61. The van der Waals surface area contributed by atoms with Gasteiger partial charge in [-0.25, -0.2) is 0 Å². The van der Waals surface area contributed by atoms with Gasteiger partial charge in [-0.05, 0) is 55.8 Å². The van der Waals surface area contributed by atoms with Crippen LogP contribution in [0.25, 0.3) is 0 Å². The zero-order valence-corrected chi connectivity index (χ0v) is 14.7. The first kappa shape index (κ1) is 17.1. The van der Waals surface area contributed by atoms with Crippen molar-refractivity contribution in [3.8, 4) is 11.5 Å². The van der Waals surface area contributed by atoms with Gasteiger partial charge in [-0.2, -0.15) is 0 Å². The molecule has 1 aliphatic carbocycles. The van der Waals surface area contributed by atoms with E-state index in [0.717, 1.165) is 55.7 Å². The quantitative estimate of drug-likeness (QED) is 0.900. The van der Waals surface area contributed by atoms with Crippen LogP contribution in [0.4, 0.5) is 0 Å². The Labute approximate surface area is 144 Å². The Morgan fingerprint density at radius 1 is 1.17 bits per heavy atom. The van der Waals surface area contributed by atoms with Crippen LogP contribution in [0.5, 0.6) is 11.5 Å². The summed E-state index contributed by atoms with van der Waals surface area (Å²) in [7, 11) is 3.28. The molecular weight excluding hydrogens is 304 g/mol. The van der Waals surface area contributed by atoms with Gasteiger partial charge in [0, 0.05) is 12.5 Å². The number of methoxy groups -OCH3 is 2. The Balaban J connectivity index is 1.81. The summed E-state index contributed by atoms with van der Waals surface area (Å²) >= 11 is 0. The molecule has 1 saturated heterocycles. The second-order valence-corrected chi connectivity index (χ2v) is 6.84. The van der Waals surface area contributed by atoms with E-state index in [4.69, 9.17) is 15.2 Å². The molecule has 3 rings (SSSR count). The van der Waals surface area contributed by atoms with E-state index in [0.29, 0.717) is 18.4 Å². The number of ether oxygens (including phenoxy) is 2. The molecule has 2 fully saturated rings. The molecule has 1 aromatic carbocycles. The fraction of sp³-hybridized carbons (Fsp3) is 0.632. The minimum atomic E-state index is 0.107. The van der Waals surface area contributed by atoms with Crippen molar-refractivity contribution in [1.82, 2.24) is 4.90 Å². The van der Waals surface area contributed by atoms with E-state index in [2.05, 4.69) is 4.90 Å². The largest absolute Gasteiger partial charge is 0.493 e. The van der Waals surface area contributed by atoms with Gasteiger partial charge in [-0.3, -0.25) is 4.79 Å². The average Bonchev–Trinajstić information content (AvgIpc) is 3.29. The SMILES string of the molecule is COc1ccc(C2CCCN2C(=O)[C@@H]2CCC[C@@H]2CN)cc1OC. The molecule has 0 bridgehead atoms. The highest BCUT2D eigenvalue weighted by Crippen LogP contribution is 2.40. The van der Waals surface area contributed by atoms with Crippen molar-refractivity contribution in [2.45, 2.75) is 38.1 Å². The summed E-state index contributed by atoms with van der Waals surface area (Å²) in [6, 6.07) is 6.11. The molecular formula is C19H28N2O3. The second-order valence-electron chi connectivity index (χ2n) is 6.84. The predicted molar refractivity (Wildman–Crippen MR) is 93.1 cm³/mol. The van der Waals surface area contributed by atoms with Gasteiger partial charge in [-0.15, -0.1) is 0 Å². The first-order valence-corrected chi connectivity index (χ1v) is 8.92. The highest BCUT2D eigenvalue weighted by atomic mass is 16.5. The van der Waals surface area contributed by atoms with Crippen LogP contribution in [-0.2, 0) is 4.79 Å². The maximum atomic E-state index is 13.1. The van der Waals surface area contributed by atoms with Crippen molar-refractivity contribution >= 4 is 5.91 Å². The van der Waals surface area contributed by atoms with Crippen molar-refractivity contribution in [2.75, 3.05) is 27.3 Å². The molecule has 1 amide bonds. The number of likely N-dealkylation sites (tertiary alicyclic amines) is 1. The van der Waals surface area contributed by atoms with Gasteiger partial charge >= 0.3 is 0 Å². The third-order valence-electron chi connectivity index (χ3n) is 5.61. The number of amides is 1. The Morgan fingerprint density at radius 2 is 1.96 bits per heavy atom. The van der Waals surface area contributed by atoms with Crippen molar-refractivity contribution in [3.05, 3.63) is 23.8 Å². The topological polar surface area (TPSA) is 64.8 Å². The molecule has 1 aromatic rings. The van der Waals surface area contributed by atoms with Crippen LogP contribution in [0.2, 0.25) is 0 Å². The fourth-order valence-corrected chi connectivity index (χ4v) is 4.29. The number of rotatable bonds is 5. The standard InChI is InChI=1S/C19H28N2O3/c1-23-17-9-8-13(11-18(17)24-2)16-7-4-10-21(16)19(22)15-6-3-5-14(15)12-20/h8-9,11,14-16H,3-7,10,12,20H2,1-2H3/t14-,15-,16?/m1/s1. The van der Waals surface area contributed by atoms with Gasteiger partial charge in [0.15, 0.2) is 11.5 Å². The molecule has 2 aliphatic rings. The molecule has 1 saturated carbocycles. The molecule has 24 heavy (non-hydrogen) atoms. The molecule has 1 aliphatic heterocycles. The van der Waals surface area contributed by atoms with E-state index in [-0.39, 0.29) is 12.0 Å². The maximum absolute atomic E-state index is 13.1. The van der Waals surface area contributed by atoms with Crippen LogP contribution in [0.15, 0.2) is 18.2 Å². The Morgan fingerprint density at radius 3 is 2.67 bits per heavy atom. The molecule has 1 heterocycles. The molecule has 0 aromatic heterocycles. The smallest absolute Gasteiger partial charge is 0.226 e. The van der Waals surface area contributed by atoms with Crippen molar-refractivity contribution in [3.63, 3.8) is 0 Å². The highest BCUT2D eigenvalue weighted by molar-refractivity contribution is 5.80. The van der Waals surface area contributed by atoms with E-state index in [9.17, 15) is 4.79 Å². The molecule has 2 N–H and O–H groups in total. The van der Waals surface area contributed by atoms with Crippen molar-refractivity contribution in [2.24, 2.45) is 17.6 Å². The van der Waals surface area contributed by atoms with Crippen LogP contribution in [0.3, 0.4) is 0 Å². The summed E-state index contributed by atoms with van der Waals surface area (Å²) < 4.78 is 10.7. The van der Waals surface area contributed by atoms with Crippen LogP contribution in [0, 0.1) is 11.8 Å². The Bertz CT molecular complexity index is 590. The minimum absolute atomic E-state index is 0.107. The van der Waals surface area contributed by atoms with Gasteiger partial charge in [0.1, 0.15) is 0 Å². The molecule has 0 spiro atoms. The number of nitrogens with zero attached hydrogens (tertiary/aromatic N) is 1. The zero-order valence-electron chi connectivity index (χ0n) is 14.7. The van der Waals surface area contributed by atoms with Crippen molar-refractivity contribution < 1.29 is 14.3 Å². The van der Waals surface area contributed by atoms with Gasteiger partial charge in [0.05, 0.1) is 20.3 Å². The van der Waals surface area contributed by atoms with Crippen LogP contribution in [0.1, 0.15) is 43.7 Å². The summed E-state index contributed by atoms with van der Waals surface area (Å²) in [5, 5.41) is 0. The molecule has 3 atom stereocenters. The van der Waals surface area contributed by atoms with Gasteiger partial charge in [-0.1, -0.05) is 12.5 Å². The normalized spacial score (nSPS) is 26.6. The van der Waals surface area contributed by atoms with E-state index in [1.165, 1.54) is 0 Å². The van der Waals surface area contributed by atoms with E-state index >= 15 is 0 Å². The van der Waals surface area contributed by atoms with E-state index < -0.39 is 0 Å². The van der Waals surface area contributed by atoms with Gasteiger partial charge in [0.2, 0.25) is 5.91 Å². The summed E-state index contributed by atoms with van der Waals surface area (Å²) in [5.74, 6) is 2.19. The van der Waals surface area contributed by atoms with Crippen LogP contribution >= 0.6 is 0 Å². The number of carbonyl (C=O) groups excluding carboxylic acids is 1. The molecule has 5 nitrogen and oxygen atoms in total. The average molecular weight is 332 g/mol. The summed E-state index contributed by atoms with van der Waals surface area (Å²) in [4.78, 5) is 15.2. The van der Waals surface area contributed by atoms with Crippen LogP contribution in [-0.4, -0.2) is 38.1 Å².